The molecule has 5 nitrogen and oxygen atoms in total. The third-order valence-electron chi connectivity index (χ3n) is 3.18. The van der Waals surface area contributed by atoms with Gasteiger partial charge in [0, 0.05) is 12.6 Å². The van der Waals surface area contributed by atoms with E-state index in [9.17, 15) is 0 Å². The lowest BCUT2D eigenvalue weighted by atomic mass is 9.98. The first-order valence-electron chi connectivity index (χ1n) is 6.66. The van der Waals surface area contributed by atoms with Gasteiger partial charge in [0.1, 0.15) is 5.82 Å². The lowest BCUT2D eigenvalue weighted by Crippen LogP contribution is -2.09. The Morgan fingerprint density at radius 2 is 2.00 bits per heavy atom. The van der Waals surface area contributed by atoms with Crippen LogP contribution in [0.4, 0.5) is 11.8 Å². The number of hydrogen-bond donors (Lipinski definition) is 2. The van der Waals surface area contributed by atoms with Crippen molar-refractivity contribution in [3.05, 3.63) is 42.0 Å². The van der Waals surface area contributed by atoms with Crippen LogP contribution >= 0.6 is 0 Å². The van der Waals surface area contributed by atoms with Crippen LogP contribution in [0.1, 0.15) is 24.8 Å². The summed E-state index contributed by atoms with van der Waals surface area (Å²) in [5.74, 6) is 1.86. The summed E-state index contributed by atoms with van der Waals surface area (Å²) in [7, 11) is 1.56. The van der Waals surface area contributed by atoms with Crippen molar-refractivity contribution in [2.24, 2.45) is 0 Å². The first-order valence-corrected chi connectivity index (χ1v) is 6.66. The molecule has 0 amide bonds. The molecule has 1 heterocycles. The van der Waals surface area contributed by atoms with Crippen molar-refractivity contribution in [2.75, 3.05) is 24.7 Å². The Hall–Kier alpha value is -2.30. The molecule has 5 heteroatoms. The third-order valence-corrected chi connectivity index (χ3v) is 3.18. The van der Waals surface area contributed by atoms with Gasteiger partial charge in [-0.1, -0.05) is 37.3 Å². The van der Waals surface area contributed by atoms with Crippen LogP contribution in [0.5, 0.6) is 5.88 Å². The van der Waals surface area contributed by atoms with Gasteiger partial charge in [0.05, 0.1) is 7.11 Å². The molecule has 2 rings (SSSR count). The zero-order valence-electron chi connectivity index (χ0n) is 11.8. The Morgan fingerprint density at radius 1 is 1.25 bits per heavy atom. The van der Waals surface area contributed by atoms with Crippen LogP contribution in [-0.4, -0.2) is 23.6 Å². The van der Waals surface area contributed by atoms with E-state index < -0.39 is 0 Å². The van der Waals surface area contributed by atoms with Gasteiger partial charge in [-0.3, -0.25) is 0 Å². The maximum absolute atomic E-state index is 5.62. The molecule has 0 aliphatic carbocycles. The van der Waals surface area contributed by atoms with Crippen molar-refractivity contribution < 1.29 is 4.74 Å². The standard InChI is InChI=1S/C15H20N4O/c1-11(12-6-4-3-5-7-12)8-9-17-13-10-14(20-2)19-15(16)18-13/h3-7,10-11H,8-9H2,1-2H3,(H3,16,17,18,19). The summed E-state index contributed by atoms with van der Waals surface area (Å²) in [5.41, 5.74) is 6.96. The Bertz CT molecular complexity index is 545. The predicted molar refractivity (Wildman–Crippen MR) is 81.0 cm³/mol. The molecule has 1 unspecified atom stereocenters. The number of benzene rings is 1. The molecule has 0 radical (unpaired) electrons. The van der Waals surface area contributed by atoms with Gasteiger partial charge >= 0.3 is 0 Å². The second-order valence-corrected chi connectivity index (χ2v) is 4.68. The van der Waals surface area contributed by atoms with Crippen LogP contribution in [0.25, 0.3) is 0 Å². The minimum absolute atomic E-state index is 0.211. The van der Waals surface area contributed by atoms with Gasteiger partial charge in [-0.25, -0.2) is 0 Å². The first-order chi connectivity index (χ1) is 9.69. The van der Waals surface area contributed by atoms with Gasteiger partial charge in [0.15, 0.2) is 0 Å². The molecule has 20 heavy (non-hydrogen) atoms. The van der Waals surface area contributed by atoms with Gasteiger partial charge in [0.25, 0.3) is 0 Å². The molecule has 0 aliphatic rings. The molecular formula is C15H20N4O. The first kappa shape index (κ1) is 14.1. The molecule has 1 aromatic carbocycles. The molecule has 0 saturated heterocycles. The largest absolute Gasteiger partial charge is 0.481 e. The van der Waals surface area contributed by atoms with Crippen LogP contribution in [-0.2, 0) is 0 Å². The maximum atomic E-state index is 5.62. The van der Waals surface area contributed by atoms with E-state index in [2.05, 4.69) is 46.5 Å². The average molecular weight is 272 g/mol. The van der Waals surface area contributed by atoms with Gasteiger partial charge in [-0.15, -0.1) is 0 Å². The number of nitrogen functional groups attached to an aromatic ring is 1. The van der Waals surface area contributed by atoms with Crippen LogP contribution in [0, 0.1) is 0 Å². The number of nitrogens with one attached hydrogen (secondary N) is 1. The molecule has 3 N–H and O–H groups in total. The number of nitrogens with two attached hydrogens (primary N) is 1. The van der Waals surface area contributed by atoms with Crippen LogP contribution in [0.15, 0.2) is 36.4 Å². The molecule has 0 saturated carbocycles. The average Bonchev–Trinajstić information content (AvgIpc) is 2.47. The van der Waals surface area contributed by atoms with E-state index in [0.717, 1.165) is 13.0 Å². The fourth-order valence-electron chi connectivity index (χ4n) is 2.00. The Labute approximate surface area is 119 Å². The summed E-state index contributed by atoms with van der Waals surface area (Å²) in [4.78, 5) is 8.07. The van der Waals surface area contributed by atoms with Crippen LogP contribution < -0.4 is 15.8 Å². The molecular weight excluding hydrogens is 252 g/mol. The SMILES string of the molecule is COc1cc(NCCC(C)c2ccccc2)nc(N)n1. The molecule has 1 aromatic heterocycles. The zero-order chi connectivity index (χ0) is 14.4. The summed E-state index contributed by atoms with van der Waals surface area (Å²) in [5, 5.41) is 3.25. The van der Waals surface area contributed by atoms with Crippen molar-refractivity contribution in [2.45, 2.75) is 19.3 Å². The topological polar surface area (TPSA) is 73.1 Å². The van der Waals surface area contributed by atoms with Crippen LogP contribution in [0.3, 0.4) is 0 Å². The molecule has 2 aromatic rings. The van der Waals surface area contributed by atoms with E-state index in [4.69, 9.17) is 10.5 Å². The number of anilines is 2. The van der Waals surface area contributed by atoms with Gasteiger partial charge < -0.3 is 15.8 Å². The fourth-order valence-corrected chi connectivity index (χ4v) is 2.00. The molecule has 106 valence electrons. The minimum atomic E-state index is 0.211. The van der Waals surface area contributed by atoms with Gasteiger partial charge in [0.2, 0.25) is 11.8 Å². The van der Waals surface area contributed by atoms with Crippen molar-refractivity contribution in [3.63, 3.8) is 0 Å². The quantitative estimate of drug-likeness (QED) is 0.845. The summed E-state index contributed by atoms with van der Waals surface area (Å²) in [6.45, 7) is 3.03. The highest BCUT2D eigenvalue weighted by atomic mass is 16.5. The highest BCUT2D eigenvalue weighted by Crippen LogP contribution is 2.19. The van der Waals surface area contributed by atoms with Crippen molar-refractivity contribution in [3.8, 4) is 5.88 Å². The van der Waals surface area contributed by atoms with Crippen LogP contribution in [0.2, 0.25) is 0 Å². The Kier molecular flexibility index (Phi) is 4.76. The second-order valence-electron chi connectivity index (χ2n) is 4.68. The van der Waals surface area contributed by atoms with Crippen molar-refractivity contribution in [1.82, 2.24) is 9.97 Å². The molecule has 1 atom stereocenters. The van der Waals surface area contributed by atoms with Gasteiger partial charge in [-0.2, -0.15) is 9.97 Å². The minimum Gasteiger partial charge on any atom is -0.481 e. The highest BCUT2D eigenvalue weighted by Gasteiger charge is 2.06. The number of aromatic nitrogens is 2. The third kappa shape index (κ3) is 3.85. The summed E-state index contributed by atoms with van der Waals surface area (Å²) >= 11 is 0. The molecule has 0 spiro atoms. The van der Waals surface area contributed by atoms with E-state index in [1.807, 2.05) is 6.07 Å². The Morgan fingerprint density at radius 3 is 2.70 bits per heavy atom. The summed E-state index contributed by atoms with van der Waals surface area (Å²) < 4.78 is 5.06. The smallest absolute Gasteiger partial charge is 0.225 e. The molecule has 0 bridgehead atoms. The number of ether oxygens (including phenoxy) is 1. The lowest BCUT2D eigenvalue weighted by molar-refractivity contribution is 0.398. The number of rotatable bonds is 6. The zero-order valence-corrected chi connectivity index (χ0v) is 11.8. The van der Waals surface area contributed by atoms with E-state index >= 15 is 0 Å². The van der Waals surface area contributed by atoms with E-state index in [0.29, 0.717) is 17.6 Å². The second kappa shape index (κ2) is 6.75. The van der Waals surface area contributed by atoms with E-state index in [-0.39, 0.29) is 5.95 Å². The molecule has 0 fully saturated rings. The Balaban J connectivity index is 1.88. The number of nitrogens with zero attached hydrogens (tertiary/aromatic N) is 2. The maximum Gasteiger partial charge on any atom is 0.225 e. The molecule has 0 aliphatic heterocycles. The fraction of sp³-hybridized carbons (Fsp3) is 0.333. The summed E-state index contributed by atoms with van der Waals surface area (Å²) in [6, 6.07) is 12.2. The normalized spacial score (nSPS) is 11.9. The van der Waals surface area contributed by atoms with E-state index in [1.165, 1.54) is 5.56 Å². The van der Waals surface area contributed by atoms with E-state index in [1.54, 1.807) is 13.2 Å². The predicted octanol–water partition coefficient (Wildman–Crippen LogP) is 2.67. The van der Waals surface area contributed by atoms with Crippen molar-refractivity contribution in [1.29, 1.82) is 0 Å². The monoisotopic (exact) mass is 272 g/mol. The number of hydrogen-bond acceptors (Lipinski definition) is 5. The van der Waals surface area contributed by atoms with Crippen molar-refractivity contribution >= 4 is 11.8 Å². The van der Waals surface area contributed by atoms with Gasteiger partial charge in [-0.05, 0) is 17.9 Å². The lowest BCUT2D eigenvalue weighted by Gasteiger charge is -2.13. The number of methoxy groups -OCH3 is 1. The summed E-state index contributed by atoms with van der Waals surface area (Å²) in [6.07, 6.45) is 1.01. The highest BCUT2D eigenvalue weighted by molar-refractivity contribution is 5.42.